The molecule has 4 rings (SSSR count). The number of fused-ring (bicyclic) bond motifs is 1. The Kier molecular flexibility index (Phi) is 4.02. The predicted octanol–water partition coefficient (Wildman–Crippen LogP) is 3.96. The molecule has 0 saturated heterocycles. The first kappa shape index (κ1) is 15.5. The summed E-state index contributed by atoms with van der Waals surface area (Å²) in [6.45, 7) is 4.28. The second-order valence-electron chi connectivity index (χ2n) is 5.13. The number of benzene rings is 1. The molecule has 1 aromatic carbocycles. The predicted molar refractivity (Wildman–Crippen MR) is 91.5 cm³/mol. The van der Waals surface area contributed by atoms with Crippen molar-refractivity contribution in [3.05, 3.63) is 61.4 Å². The van der Waals surface area contributed by atoms with Crippen LogP contribution < -0.4 is 0 Å². The lowest BCUT2D eigenvalue weighted by Crippen LogP contribution is -2.00. The van der Waals surface area contributed by atoms with Crippen LogP contribution in [-0.4, -0.2) is 24.7 Å². The van der Waals surface area contributed by atoms with Crippen molar-refractivity contribution in [2.24, 2.45) is 0 Å². The fourth-order valence-electron chi connectivity index (χ4n) is 2.42. The number of hydrogen-bond donors (Lipinski definition) is 0. The molecule has 6 nitrogen and oxygen atoms in total. The molecule has 0 amide bonds. The van der Waals surface area contributed by atoms with Crippen molar-refractivity contribution in [2.75, 3.05) is 0 Å². The van der Waals surface area contributed by atoms with Crippen molar-refractivity contribution >= 4 is 22.7 Å². The molecule has 0 aliphatic heterocycles. The monoisotopic (exact) mass is 353 g/mol. The average molecular weight is 353 g/mol. The van der Waals surface area contributed by atoms with E-state index in [0.29, 0.717) is 39.2 Å². The Balaban J connectivity index is 1.79. The molecule has 0 unspecified atom stereocenters. The van der Waals surface area contributed by atoms with Crippen molar-refractivity contribution in [3.8, 4) is 11.6 Å². The molecular formula is C17H12FN5OS. The standard InChI is InChI=1S/C17H12FN5OS/c1-2-7-23-15(14-4-3-8-24-14)21-22-17(23)25-16-12-9-11(18)5-6-13(12)19-10-20-16/h2-6,8-10H,1,7H2. The minimum absolute atomic E-state index is 0.340. The van der Waals surface area contributed by atoms with Gasteiger partial charge >= 0.3 is 0 Å². The Hall–Kier alpha value is -3.00. The molecule has 3 aromatic heterocycles. The van der Waals surface area contributed by atoms with E-state index in [9.17, 15) is 4.39 Å². The van der Waals surface area contributed by atoms with Gasteiger partial charge in [0.15, 0.2) is 10.9 Å². The highest BCUT2D eigenvalue weighted by Crippen LogP contribution is 2.32. The molecule has 124 valence electrons. The van der Waals surface area contributed by atoms with Gasteiger partial charge in [0.2, 0.25) is 5.82 Å². The van der Waals surface area contributed by atoms with Gasteiger partial charge in [-0.05, 0) is 42.1 Å². The number of halogens is 1. The van der Waals surface area contributed by atoms with Crippen LogP contribution >= 0.6 is 11.8 Å². The lowest BCUT2D eigenvalue weighted by molar-refractivity contribution is 0.569. The summed E-state index contributed by atoms with van der Waals surface area (Å²) in [5, 5.41) is 10.3. The van der Waals surface area contributed by atoms with E-state index in [0.717, 1.165) is 0 Å². The van der Waals surface area contributed by atoms with Crippen LogP contribution in [0.2, 0.25) is 0 Å². The third-order valence-corrected chi connectivity index (χ3v) is 4.52. The van der Waals surface area contributed by atoms with Crippen LogP contribution in [0, 0.1) is 5.82 Å². The molecule has 8 heteroatoms. The first-order valence-corrected chi connectivity index (χ1v) is 8.24. The van der Waals surface area contributed by atoms with Crippen LogP contribution in [0.15, 0.2) is 70.2 Å². The van der Waals surface area contributed by atoms with Crippen molar-refractivity contribution in [1.82, 2.24) is 24.7 Å². The highest BCUT2D eigenvalue weighted by Gasteiger charge is 2.17. The summed E-state index contributed by atoms with van der Waals surface area (Å²) >= 11 is 1.29. The average Bonchev–Trinajstić information content (AvgIpc) is 3.26. The van der Waals surface area contributed by atoms with Crippen LogP contribution in [0.1, 0.15) is 0 Å². The van der Waals surface area contributed by atoms with Crippen LogP contribution in [0.5, 0.6) is 0 Å². The SMILES string of the molecule is C=CCn1c(Sc2ncnc3ccc(F)cc23)nnc1-c1ccco1. The fraction of sp³-hybridized carbons (Fsp3) is 0.0588. The van der Waals surface area contributed by atoms with E-state index in [1.807, 2.05) is 10.6 Å². The van der Waals surface area contributed by atoms with Gasteiger partial charge in [0.05, 0.1) is 11.8 Å². The molecule has 0 bridgehead atoms. The van der Waals surface area contributed by atoms with Gasteiger partial charge in [-0.25, -0.2) is 14.4 Å². The van der Waals surface area contributed by atoms with Crippen molar-refractivity contribution < 1.29 is 8.81 Å². The van der Waals surface area contributed by atoms with Crippen molar-refractivity contribution in [2.45, 2.75) is 16.7 Å². The third kappa shape index (κ3) is 2.91. The minimum atomic E-state index is -0.340. The molecule has 0 aliphatic rings. The van der Waals surface area contributed by atoms with E-state index in [1.54, 1.807) is 24.5 Å². The fourth-order valence-corrected chi connectivity index (χ4v) is 3.32. The van der Waals surface area contributed by atoms with E-state index in [4.69, 9.17) is 4.42 Å². The maximum Gasteiger partial charge on any atom is 0.200 e. The molecule has 0 radical (unpaired) electrons. The highest BCUT2D eigenvalue weighted by atomic mass is 32.2. The maximum absolute atomic E-state index is 13.6. The van der Waals surface area contributed by atoms with Gasteiger partial charge in [-0.1, -0.05) is 6.08 Å². The first-order chi connectivity index (χ1) is 12.3. The maximum atomic E-state index is 13.6. The first-order valence-electron chi connectivity index (χ1n) is 7.42. The number of hydrogen-bond acceptors (Lipinski definition) is 6. The van der Waals surface area contributed by atoms with E-state index < -0.39 is 0 Å². The van der Waals surface area contributed by atoms with Gasteiger partial charge in [-0.2, -0.15) is 0 Å². The zero-order chi connectivity index (χ0) is 17.2. The lowest BCUT2D eigenvalue weighted by Gasteiger charge is -2.07. The summed E-state index contributed by atoms with van der Waals surface area (Å²) in [6, 6.07) is 8.01. The van der Waals surface area contributed by atoms with Crippen LogP contribution in [0.25, 0.3) is 22.5 Å². The van der Waals surface area contributed by atoms with Crippen LogP contribution in [0.4, 0.5) is 4.39 Å². The summed E-state index contributed by atoms with van der Waals surface area (Å²) in [5.41, 5.74) is 0.667. The number of nitrogens with zero attached hydrogens (tertiary/aromatic N) is 5. The second-order valence-corrected chi connectivity index (χ2v) is 6.08. The van der Waals surface area contributed by atoms with Crippen LogP contribution in [-0.2, 0) is 6.54 Å². The molecule has 0 saturated carbocycles. The number of furan rings is 1. The molecule has 0 fully saturated rings. The largest absolute Gasteiger partial charge is 0.461 e. The third-order valence-electron chi connectivity index (χ3n) is 3.52. The molecule has 0 N–H and O–H groups in total. The molecule has 0 spiro atoms. The number of aromatic nitrogens is 5. The summed E-state index contributed by atoms with van der Waals surface area (Å²) in [4.78, 5) is 8.44. The Morgan fingerprint density at radius 1 is 1.24 bits per heavy atom. The Morgan fingerprint density at radius 3 is 2.96 bits per heavy atom. The molecule has 25 heavy (non-hydrogen) atoms. The zero-order valence-electron chi connectivity index (χ0n) is 13.0. The summed E-state index contributed by atoms with van der Waals surface area (Å²) < 4.78 is 20.9. The normalized spacial score (nSPS) is 11.1. The summed E-state index contributed by atoms with van der Waals surface area (Å²) in [7, 11) is 0. The Morgan fingerprint density at radius 2 is 2.16 bits per heavy atom. The highest BCUT2D eigenvalue weighted by molar-refractivity contribution is 7.99. The van der Waals surface area contributed by atoms with Crippen molar-refractivity contribution in [3.63, 3.8) is 0 Å². The smallest absolute Gasteiger partial charge is 0.200 e. The Labute approximate surface area is 146 Å². The van der Waals surface area contributed by atoms with Gasteiger partial charge in [0.1, 0.15) is 17.2 Å². The zero-order valence-corrected chi connectivity index (χ0v) is 13.8. The molecule has 3 heterocycles. The summed E-state index contributed by atoms with van der Waals surface area (Å²) in [5.74, 6) is 0.865. The van der Waals surface area contributed by atoms with E-state index in [1.165, 1.54) is 30.2 Å². The van der Waals surface area contributed by atoms with Gasteiger partial charge in [0, 0.05) is 11.9 Å². The quantitative estimate of drug-likeness (QED) is 0.400. The minimum Gasteiger partial charge on any atom is -0.461 e. The molecular weight excluding hydrogens is 341 g/mol. The Bertz CT molecular complexity index is 1040. The molecule has 4 aromatic rings. The van der Waals surface area contributed by atoms with Gasteiger partial charge in [-0.3, -0.25) is 4.57 Å². The molecule has 0 aliphatic carbocycles. The molecule has 0 atom stereocenters. The van der Waals surface area contributed by atoms with E-state index in [-0.39, 0.29) is 5.82 Å². The van der Waals surface area contributed by atoms with Crippen LogP contribution in [0.3, 0.4) is 0 Å². The van der Waals surface area contributed by atoms with Gasteiger partial charge in [0.25, 0.3) is 0 Å². The van der Waals surface area contributed by atoms with E-state index in [2.05, 4.69) is 26.7 Å². The van der Waals surface area contributed by atoms with Crippen molar-refractivity contribution in [1.29, 1.82) is 0 Å². The second kappa shape index (κ2) is 6.48. The van der Waals surface area contributed by atoms with Gasteiger partial charge in [-0.15, -0.1) is 16.8 Å². The number of allylic oxidation sites excluding steroid dienone is 1. The topological polar surface area (TPSA) is 69.6 Å². The number of rotatable bonds is 5. The summed E-state index contributed by atoms with van der Waals surface area (Å²) in [6.07, 6.45) is 4.78. The lowest BCUT2D eigenvalue weighted by atomic mass is 10.2. The van der Waals surface area contributed by atoms with Gasteiger partial charge < -0.3 is 4.42 Å². The van der Waals surface area contributed by atoms with E-state index >= 15 is 0 Å².